The molecule has 0 aliphatic heterocycles. The topological polar surface area (TPSA) is 67.2 Å². The van der Waals surface area contributed by atoms with E-state index in [1.165, 1.54) is 11.8 Å². The standard InChI is InChI=1S/C14H17N3O2/c18-14(16-13-9-11-19-17-13)15-10-5-4-8-12-6-2-1-3-7-12/h1-3,6-7,9,11H,4-5,8,10H2,(H2,15,16,17,18). The Morgan fingerprint density at radius 3 is 2.74 bits per heavy atom. The lowest BCUT2D eigenvalue weighted by molar-refractivity contribution is 0.251. The minimum absolute atomic E-state index is 0.256. The fourth-order valence-corrected chi connectivity index (χ4v) is 1.74. The molecule has 1 aromatic heterocycles. The van der Waals surface area contributed by atoms with Crippen LogP contribution < -0.4 is 10.6 Å². The molecule has 2 aromatic rings. The molecule has 0 saturated carbocycles. The fraction of sp³-hybridized carbons (Fsp3) is 0.286. The first-order valence-corrected chi connectivity index (χ1v) is 6.34. The minimum Gasteiger partial charge on any atom is -0.363 e. The number of carbonyl (C=O) groups excluding carboxylic acids is 1. The molecule has 100 valence electrons. The third-order valence-electron chi connectivity index (χ3n) is 2.70. The molecule has 2 rings (SSSR count). The number of aryl methyl sites for hydroxylation is 1. The third kappa shape index (κ3) is 4.83. The molecule has 0 atom stereocenters. The number of carbonyl (C=O) groups is 1. The highest BCUT2D eigenvalue weighted by molar-refractivity contribution is 5.87. The van der Waals surface area contributed by atoms with Crippen molar-refractivity contribution in [1.29, 1.82) is 0 Å². The van der Waals surface area contributed by atoms with Crippen molar-refractivity contribution in [3.63, 3.8) is 0 Å². The number of nitrogens with zero attached hydrogens (tertiary/aromatic N) is 1. The number of hydrogen-bond acceptors (Lipinski definition) is 3. The van der Waals surface area contributed by atoms with Gasteiger partial charge in [0.1, 0.15) is 6.26 Å². The van der Waals surface area contributed by atoms with Crippen LogP contribution >= 0.6 is 0 Å². The summed E-state index contributed by atoms with van der Waals surface area (Å²) in [6.45, 7) is 0.649. The SMILES string of the molecule is O=C(NCCCCc1ccccc1)Nc1ccon1. The summed E-state index contributed by atoms with van der Waals surface area (Å²) < 4.78 is 4.61. The molecule has 1 heterocycles. The molecule has 0 aliphatic rings. The van der Waals surface area contributed by atoms with Crippen LogP contribution in [0.2, 0.25) is 0 Å². The summed E-state index contributed by atoms with van der Waals surface area (Å²) in [5, 5.41) is 8.94. The molecule has 1 aromatic carbocycles. The normalized spacial score (nSPS) is 10.1. The monoisotopic (exact) mass is 259 g/mol. The van der Waals surface area contributed by atoms with E-state index in [0.29, 0.717) is 12.4 Å². The summed E-state index contributed by atoms with van der Waals surface area (Å²) in [4.78, 5) is 11.4. The summed E-state index contributed by atoms with van der Waals surface area (Å²) in [6.07, 6.45) is 4.44. The third-order valence-corrected chi connectivity index (χ3v) is 2.70. The van der Waals surface area contributed by atoms with Crippen molar-refractivity contribution in [2.24, 2.45) is 0 Å². The van der Waals surface area contributed by atoms with Gasteiger partial charge >= 0.3 is 6.03 Å². The zero-order valence-corrected chi connectivity index (χ0v) is 10.6. The van der Waals surface area contributed by atoms with Crippen LogP contribution in [0.25, 0.3) is 0 Å². The number of unbranched alkanes of at least 4 members (excludes halogenated alkanes) is 1. The Morgan fingerprint density at radius 1 is 1.16 bits per heavy atom. The number of amides is 2. The maximum absolute atomic E-state index is 11.4. The maximum Gasteiger partial charge on any atom is 0.320 e. The van der Waals surface area contributed by atoms with Gasteiger partial charge in [0, 0.05) is 12.6 Å². The number of benzene rings is 1. The first-order valence-electron chi connectivity index (χ1n) is 6.34. The van der Waals surface area contributed by atoms with E-state index in [1.807, 2.05) is 18.2 Å². The van der Waals surface area contributed by atoms with Gasteiger partial charge in [-0.15, -0.1) is 0 Å². The predicted octanol–water partition coefficient (Wildman–Crippen LogP) is 2.82. The fourth-order valence-electron chi connectivity index (χ4n) is 1.74. The lowest BCUT2D eigenvalue weighted by Gasteiger charge is -2.05. The van der Waals surface area contributed by atoms with Crippen LogP contribution in [0.1, 0.15) is 18.4 Å². The number of hydrogen-bond donors (Lipinski definition) is 2. The van der Waals surface area contributed by atoms with Gasteiger partial charge in [-0.2, -0.15) is 0 Å². The molecule has 0 saturated heterocycles. The van der Waals surface area contributed by atoms with Crippen molar-refractivity contribution in [3.05, 3.63) is 48.2 Å². The molecule has 0 bridgehead atoms. The Morgan fingerprint density at radius 2 is 2.00 bits per heavy atom. The second kappa shape index (κ2) is 7.20. The van der Waals surface area contributed by atoms with Gasteiger partial charge in [0.15, 0.2) is 5.82 Å². The molecule has 0 aliphatic carbocycles. The van der Waals surface area contributed by atoms with E-state index in [0.717, 1.165) is 19.3 Å². The second-order valence-electron chi connectivity index (χ2n) is 4.21. The Labute approximate surface area is 112 Å². The van der Waals surface area contributed by atoms with Crippen LogP contribution in [0.3, 0.4) is 0 Å². The molecule has 0 radical (unpaired) electrons. The molecule has 2 amide bonds. The lowest BCUT2D eigenvalue weighted by Crippen LogP contribution is -2.29. The van der Waals surface area contributed by atoms with E-state index in [4.69, 9.17) is 0 Å². The minimum atomic E-state index is -0.256. The quantitative estimate of drug-likeness (QED) is 0.784. The largest absolute Gasteiger partial charge is 0.363 e. The number of urea groups is 1. The average Bonchev–Trinajstić information content (AvgIpc) is 2.92. The van der Waals surface area contributed by atoms with E-state index in [-0.39, 0.29) is 6.03 Å². The van der Waals surface area contributed by atoms with E-state index in [2.05, 4.69) is 32.4 Å². The van der Waals surface area contributed by atoms with Gasteiger partial charge in [-0.3, -0.25) is 5.32 Å². The van der Waals surface area contributed by atoms with Crippen molar-refractivity contribution in [1.82, 2.24) is 10.5 Å². The van der Waals surface area contributed by atoms with Crippen LogP contribution in [-0.2, 0) is 6.42 Å². The van der Waals surface area contributed by atoms with Crippen molar-refractivity contribution in [2.45, 2.75) is 19.3 Å². The molecular weight excluding hydrogens is 242 g/mol. The smallest absolute Gasteiger partial charge is 0.320 e. The Balaban J connectivity index is 1.56. The summed E-state index contributed by atoms with van der Waals surface area (Å²) in [7, 11) is 0. The molecule has 0 spiro atoms. The van der Waals surface area contributed by atoms with E-state index in [9.17, 15) is 4.79 Å². The molecule has 2 N–H and O–H groups in total. The molecule has 0 unspecified atom stereocenters. The number of aromatic nitrogens is 1. The van der Waals surface area contributed by atoms with Crippen molar-refractivity contribution in [2.75, 3.05) is 11.9 Å². The summed E-state index contributed by atoms with van der Waals surface area (Å²) in [6, 6.07) is 11.7. The van der Waals surface area contributed by atoms with Crippen LogP contribution in [0.4, 0.5) is 10.6 Å². The Bertz CT molecular complexity index is 483. The van der Waals surface area contributed by atoms with Crippen LogP contribution in [0, 0.1) is 0 Å². The highest BCUT2D eigenvalue weighted by Crippen LogP contribution is 2.04. The van der Waals surface area contributed by atoms with Gasteiger partial charge in [-0.05, 0) is 24.8 Å². The number of anilines is 1. The van der Waals surface area contributed by atoms with Gasteiger partial charge in [-0.1, -0.05) is 35.5 Å². The van der Waals surface area contributed by atoms with E-state index >= 15 is 0 Å². The summed E-state index contributed by atoms with van der Waals surface area (Å²) in [5.74, 6) is 0.418. The Kier molecular flexibility index (Phi) is 4.98. The van der Waals surface area contributed by atoms with Crippen molar-refractivity contribution >= 4 is 11.8 Å². The number of rotatable bonds is 6. The zero-order chi connectivity index (χ0) is 13.3. The molecule has 5 heteroatoms. The zero-order valence-electron chi connectivity index (χ0n) is 10.6. The first-order chi connectivity index (χ1) is 9.34. The summed E-state index contributed by atoms with van der Waals surface area (Å²) in [5.41, 5.74) is 1.33. The predicted molar refractivity (Wildman–Crippen MR) is 72.9 cm³/mol. The highest BCUT2D eigenvalue weighted by atomic mass is 16.5. The molecule has 0 fully saturated rings. The van der Waals surface area contributed by atoms with Gasteiger partial charge in [0.2, 0.25) is 0 Å². The van der Waals surface area contributed by atoms with Crippen LogP contribution in [0.15, 0.2) is 47.2 Å². The van der Waals surface area contributed by atoms with Crippen LogP contribution in [-0.4, -0.2) is 17.7 Å². The maximum atomic E-state index is 11.4. The first kappa shape index (κ1) is 13.1. The van der Waals surface area contributed by atoms with Gasteiger partial charge in [0.05, 0.1) is 0 Å². The van der Waals surface area contributed by atoms with Gasteiger partial charge < -0.3 is 9.84 Å². The number of nitrogens with one attached hydrogen (secondary N) is 2. The van der Waals surface area contributed by atoms with Crippen LogP contribution in [0.5, 0.6) is 0 Å². The molecular formula is C14H17N3O2. The lowest BCUT2D eigenvalue weighted by atomic mass is 10.1. The highest BCUT2D eigenvalue weighted by Gasteiger charge is 2.02. The summed E-state index contributed by atoms with van der Waals surface area (Å²) >= 11 is 0. The van der Waals surface area contributed by atoms with Crippen molar-refractivity contribution in [3.8, 4) is 0 Å². The average molecular weight is 259 g/mol. The van der Waals surface area contributed by atoms with Gasteiger partial charge in [0.25, 0.3) is 0 Å². The molecule has 19 heavy (non-hydrogen) atoms. The van der Waals surface area contributed by atoms with E-state index < -0.39 is 0 Å². The van der Waals surface area contributed by atoms with E-state index in [1.54, 1.807) is 6.07 Å². The Hall–Kier alpha value is -2.30. The van der Waals surface area contributed by atoms with Crippen molar-refractivity contribution < 1.29 is 9.32 Å². The van der Waals surface area contributed by atoms with Gasteiger partial charge in [-0.25, -0.2) is 4.79 Å². The molecule has 5 nitrogen and oxygen atoms in total. The second-order valence-corrected chi connectivity index (χ2v) is 4.21.